The van der Waals surface area contributed by atoms with Gasteiger partial charge in [0.15, 0.2) is 0 Å². The largest absolute Gasteiger partial charge is 0.393 e. The molecule has 0 rings (SSSR count). The normalized spacial score (nSPS) is 10.5. The lowest BCUT2D eigenvalue weighted by atomic mass is 10.1. The van der Waals surface area contributed by atoms with Gasteiger partial charge in [-0.25, -0.2) is 0 Å². The standard InChI is InChI=1S/C13H25NO4/c1-11(2)13(15)5-6-16-7-8-17-9-10-18-14-12(3)4/h11H,5-10H2,1-4H3. The Morgan fingerprint density at radius 3 is 2.11 bits per heavy atom. The van der Waals surface area contributed by atoms with E-state index in [1.54, 1.807) is 0 Å². The predicted molar refractivity (Wildman–Crippen MR) is 70.8 cm³/mol. The minimum atomic E-state index is 0.0876. The van der Waals surface area contributed by atoms with Crippen LogP contribution >= 0.6 is 0 Å². The second-order valence-electron chi connectivity index (χ2n) is 4.47. The van der Waals surface area contributed by atoms with Crippen LogP contribution in [0.5, 0.6) is 0 Å². The van der Waals surface area contributed by atoms with Crippen LogP contribution in [0, 0.1) is 5.92 Å². The Labute approximate surface area is 109 Å². The zero-order valence-corrected chi connectivity index (χ0v) is 11.9. The summed E-state index contributed by atoms with van der Waals surface area (Å²) < 4.78 is 10.6. The molecule has 0 radical (unpaired) electrons. The van der Waals surface area contributed by atoms with E-state index in [1.165, 1.54) is 0 Å². The lowest BCUT2D eigenvalue weighted by molar-refractivity contribution is -0.123. The first-order valence-corrected chi connectivity index (χ1v) is 6.35. The lowest BCUT2D eigenvalue weighted by Crippen LogP contribution is -2.13. The third-order valence-corrected chi connectivity index (χ3v) is 2.07. The van der Waals surface area contributed by atoms with Gasteiger partial charge in [0.05, 0.1) is 32.1 Å². The molecule has 0 aromatic heterocycles. The van der Waals surface area contributed by atoms with Gasteiger partial charge in [-0.2, -0.15) is 0 Å². The van der Waals surface area contributed by atoms with Crippen LogP contribution in [-0.2, 0) is 19.1 Å². The fourth-order valence-electron chi connectivity index (χ4n) is 1.05. The highest BCUT2D eigenvalue weighted by Gasteiger charge is 2.05. The number of ketones is 1. The maximum absolute atomic E-state index is 11.3. The van der Waals surface area contributed by atoms with Crippen LogP contribution in [0.3, 0.4) is 0 Å². The Hall–Kier alpha value is -0.940. The molecule has 0 aromatic carbocycles. The molecule has 0 fully saturated rings. The van der Waals surface area contributed by atoms with Crippen molar-refractivity contribution in [2.24, 2.45) is 11.1 Å². The van der Waals surface area contributed by atoms with Crippen LogP contribution in [0.15, 0.2) is 5.16 Å². The van der Waals surface area contributed by atoms with Crippen molar-refractivity contribution in [3.8, 4) is 0 Å². The maximum atomic E-state index is 11.3. The number of hydrogen-bond acceptors (Lipinski definition) is 5. The minimum absolute atomic E-state index is 0.0876. The fourth-order valence-corrected chi connectivity index (χ4v) is 1.05. The summed E-state index contributed by atoms with van der Waals surface area (Å²) in [5.74, 6) is 0.321. The van der Waals surface area contributed by atoms with E-state index >= 15 is 0 Å². The molecular formula is C13H25NO4. The summed E-state index contributed by atoms with van der Waals surface area (Å²) in [5.41, 5.74) is 0.883. The second-order valence-corrected chi connectivity index (χ2v) is 4.47. The van der Waals surface area contributed by atoms with Gasteiger partial charge in [-0.1, -0.05) is 19.0 Å². The van der Waals surface area contributed by atoms with Crippen LogP contribution in [0.1, 0.15) is 34.1 Å². The molecule has 0 amide bonds. The molecule has 0 N–H and O–H groups in total. The minimum Gasteiger partial charge on any atom is -0.393 e. The number of ether oxygens (including phenoxy) is 2. The van der Waals surface area contributed by atoms with Crippen LogP contribution < -0.4 is 0 Å². The van der Waals surface area contributed by atoms with Crippen molar-refractivity contribution in [3.05, 3.63) is 0 Å². The molecule has 18 heavy (non-hydrogen) atoms. The van der Waals surface area contributed by atoms with E-state index in [9.17, 15) is 4.79 Å². The van der Waals surface area contributed by atoms with Crippen molar-refractivity contribution in [1.29, 1.82) is 0 Å². The van der Waals surface area contributed by atoms with Gasteiger partial charge in [-0.3, -0.25) is 4.79 Å². The molecule has 0 heterocycles. The maximum Gasteiger partial charge on any atom is 0.140 e. The van der Waals surface area contributed by atoms with E-state index in [2.05, 4.69) is 5.16 Å². The first kappa shape index (κ1) is 17.1. The molecular weight excluding hydrogens is 234 g/mol. The van der Waals surface area contributed by atoms with Gasteiger partial charge in [0.25, 0.3) is 0 Å². The summed E-state index contributed by atoms with van der Waals surface area (Å²) in [6.45, 7) is 9.94. The highest BCUT2D eigenvalue weighted by molar-refractivity contribution is 5.80. The molecule has 0 bridgehead atoms. The lowest BCUT2D eigenvalue weighted by Gasteiger charge is -2.06. The van der Waals surface area contributed by atoms with E-state index in [4.69, 9.17) is 14.3 Å². The van der Waals surface area contributed by atoms with Crippen LogP contribution in [0.2, 0.25) is 0 Å². The topological polar surface area (TPSA) is 57.1 Å². The third-order valence-electron chi connectivity index (χ3n) is 2.07. The van der Waals surface area contributed by atoms with Gasteiger partial charge in [0.1, 0.15) is 12.4 Å². The molecule has 5 heteroatoms. The molecule has 0 atom stereocenters. The zero-order valence-electron chi connectivity index (χ0n) is 11.9. The third kappa shape index (κ3) is 11.5. The summed E-state index contributed by atoms with van der Waals surface area (Å²) >= 11 is 0. The van der Waals surface area contributed by atoms with Crippen molar-refractivity contribution < 1.29 is 19.1 Å². The van der Waals surface area contributed by atoms with Gasteiger partial charge in [-0.05, 0) is 13.8 Å². The van der Waals surface area contributed by atoms with Crippen LogP contribution in [0.4, 0.5) is 0 Å². The smallest absolute Gasteiger partial charge is 0.140 e. The zero-order chi connectivity index (χ0) is 13.8. The van der Waals surface area contributed by atoms with Crippen molar-refractivity contribution >= 4 is 11.5 Å². The Kier molecular flexibility index (Phi) is 10.6. The van der Waals surface area contributed by atoms with E-state index in [1.807, 2.05) is 27.7 Å². The summed E-state index contributed by atoms with van der Waals surface area (Å²) in [6, 6.07) is 0. The van der Waals surface area contributed by atoms with Crippen molar-refractivity contribution in [3.63, 3.8) is 0 Å². The quantitative estimate of drug-likeness (QED) is 0.324. The van der Waals surface area contributed by atoms with Crippen molar-refractivity contribution in [2.75, 3.05) is 33.0 Å². The summed E-state index contributed by atoms with van der Waals surface area (Å²) in [4.78, 5) is 16.2. The molecule has 0 spiro atoms. The van der Waals surface area contributed by atoms with E-state index in [0.29, 0.717) is 39.5 Å². The summed E-state index contributed by atoms with van der Waals surface area (Å²) in [5, 5.41) is 3.78. The number of Topliss-reactive ketones (excluding diaryl/α,β-unsaturated/α-hetero) is 1. The Balaban J connectivity index is 3.17. The Morgan fingerprint density at radius 1 is 1.00 bits per heavy atom. The molecule has 0 saturated heterocycles. The number of carbonyl (C=O) groups excluding carboxylic acids is 1. The molecule has 0 aliphatic carbocycles. The molecule has 0 aliphatic heterocycles. The molecule has 106 valence electrons. The number of carbonyl (C=O) groups is 1. The average molecular weight is 259 g/mol. The predicted octanol–water partition coefficient (Wildman–Crippen LogP) is 2.05. The molecule has 0 aromatic rings. The monoisotopic (exact) mass is 259 g/mol. The van der Waals surface area contributed by atoms with Gasteiger partial charge in [0, 0.05) is 12.3 Å². The Morgan fingerprint density at radius 2 is 1.56 bits per heavy atom. The van der Waals surface area contributed by atoms with E-state index < -0.39 is 0 Å². The van der Waals surface area contributed by atoms with Crippen LogP contribution in [0.25, 0.3) is 0 Å². The fraction of sp³-hybridized carbons (Fsp3) is 0.846. The number of nitrogens with zero attached hydrogens (tertiary/aromatic N) is 1. The van der Waals surface area contributed by atoms with Gasteiger partial charge >= 0.3 is 0 Å². The van der Waals surface area contributed by atoms with Gasteiger partial charge in [-0.15, -0.1) is 0 Å². The first-order chi connectivity index (χ1) is 8.54. The summed E-state index contributed by atoms with van der Waals surface area (Å²) in [7, 11) is 0. The van der Waals surface area contributed by atoms with Crippen molar-refractivity contribution in [1.82, 2.24) is 0 Å². The van der Waals surface area contributed by atoms with Crippen molar-refractivity contribution in [2.45, 2.75) is 34.1 Å². The van der Waals surface area contributed by atoms with E-state index in [0.717, 1.165) is 5.71 Å². The second kappa shape index (κ2) is 11.2. The van der Waals surface area contributed by atoms with Gasteiger partial charge < -0.3 is 14.3 Å². The SMILES string of the molecule is CC(C)=NOCCOCCOCCC(=O)C(C)C. The molecule has 0 saturated carbocycles. The number of oxime groups is 1. The first-order valence-electron chi connectivity index (χ1n) is 6.35. The highest BCUT2D eigenvalue weighted by atomic mass is 16.6. The van der Waals surface area contributed by atoms with Crippen LogP contribution in [-0.4, -0.2) is 44.5 Å². The molecule has 0 unspecified atom stereocenters. The summed E-state index contributed by atoms with van der Waals surface area (Å²) in [6.07, 6.45) is 0.477. The number of hydrogen-bond donors (Lipinski definition) is 0. The highest BCUT2D eigenvalue weighted by Crippen LogP contribution is 1.98. The van der Waals surface area contributed by atoms with Gasteiger partial charge in [0.2, 0.25) is 0 Å². The molecule has 5 nitrogen and oxygen atoms in total. The number of rotatable bonds is 11. The average Bonchev–Trinajstić information content (AvgIpc) is 2.30. The van der Waals surface area contributed by atoms with E-state index in [-0.39, 0.29) is 11.7 Å². The Bertz CT molecular complexity index is 247. The molecule has 0 aliphatic rings.